The van der Waals surface area contributed by atoms with Gasteiger partial charge in [0.25, 0.3) is 0 Å². The number of carbonyl (C=O) groups is 1. The predicted molar refractivity (Wildman–Crippen MR) is 183 cm³/mol. The van der Waals surface area contributed by atoms with Gasteiger partial charge in [0.2, 0.25) is 0 Å². The molecular weight excluding hydrogens is 733 g/mol. The van der Waals surface area contributed by atoms with Gasteiger partial charge in [-0.05, 0) is 83.3 Å². The Labute approximate surface area is 283 Å². The molecule has 0 aliphatic heterocycles. The van der Waals surface area contributed by atoms with Crippen molar-refractivity contribution in [2.24, 2.45) is 11.8 Å². The summed E-state index contributed by atoms with van der Waals surface area (Å²) in [5.41, 5.74) is 7.34. The van der Waals surface area contributed by atoms with Crippen LogP contribution < -0.4 is 0 Å². The van der Waals surface area contributed by atoms with Crippen molar-refractivity contribution < 1.29 is 30.0 Å². The summed E-state index contributed by atoms with van der Waals surface area (Å²) in [4.78, 5) is 21.2. The van der Waals surface area contributed by atoms with Gasteiger partial charge in [0.05, 0.1) is 5.76 Å². The number of hydrogen-bond donors (Lipinski definition) is 1. The standard InChI is InChI=1S/C27H25N2.C13H24O2.Ir/c1-27(2)22-16-24-18(9-6-11-28-24)14-21(22)26-25-19(10-12-29-26)13-20(15-23(25)27)17-7-4-3-5-8-17;1-5-10(6-2)12(14)9-13(15)11(7-3)8-4;/h6,9-13,15-17H,3-5,7-8H2,1-2H3;9-11,14H,5-8H2,1-4H3;/q-1;;/b;12-9-;. The monoisotopic (exact) mass is 782 g/mol. The van der Waals surface area contributed by atoms with E-state index in [9.17, 15) is 9.90 Å². The Balaban J connectivity index is 0.000000249. The number of rotatable bonds is 8. The number of ketones is 1. The Morgan fingerprint density at radius 1 is 0.933 bits per heavy atom. The van der Waals surface area contributed by atoms with E-state index in [4.69, 9.17) is 4.98 Å². The van der Waals surface area contributed by atoms with Gasteiger partial charge in [-0.1, -0.05) is 102 Å². The minimum Gasteiger partial charge on any atom is -0.512 e. The maximum absolute atomic E-state index is 11.7. The third-order valence-corrected chi connectivity index (χ3v) is 10.3. The van der Waals surface area contributed by atoms with Crippen LogP contribution in [0.15, 0.2) is 60.6 Å². The molecule has 0 atom stereocenters. The average molecular weight is 782 g/mol. The summed E-state index contributed by atoms with van der Waals surface area (Å²) in [5.74, 6) is 1.24. The summed E-state index contributed by atoms with van der Waals surface area (Å²) in [6.45, 7) is 12.8. The Bertz CT molecular complexity index is 1660. The molecule has 5 heteroatoms. The fourth-order valence-corrected chi connectivity index (χ4v) is 7.35. The van der Waals surface area contributed by atoms with Crippen molar-refractivity contribution in [2.75, 3.05) is 0 Å². The molecule has 0 saturated heterocycles. The van der Waals surface area contributed by atoms with Crippen LogP contribution >= 0.6 is 0 Å². The molecule has 2 aromatic heterocycles. The number of allylic oxidation sites excluding steroid dienone is 2. The van der Waals surface area contributed by atoms with Gasteiger partial charge in [0.15, 0.2) is 5.78 Å². The van der Waals surface area contributed by atoms with E-state index in [2.05, 4.69) is 55.2 Å². The van der Waals surface area contributed by atoms with Crippen LogP contribution in [0.1, 0.15) is 122 Å². The van der Waals surface area contributed by atoms with E-state index in [1.54, 1.807) is 0 Å². The fourth-order valence-electron chi connectivity index (χ4n) is 7.35. The van der Waals surface area contributed by atoms with Crippen molar-refractivity contribution in [2.45, 2.75) is 111 Å². The molecule has 1 fully saturated rings. The molecule has 4 aromatic rings. The second kappa shape index (κ2) is 15.1. The smallest absolute Gasteiger partial charge is 0.162 e. The minimum atomic E-state index is -0.101. The molecule has 1 radical (unpaired) electrons. The van der Waals surface area contributed by atoms with Crippen molar-refractivity contribution >= 4 is 27.5 Å². The van der Waals surface area contributed by atoms with Gasteiger partial charge in [-0.15, -0.1) is 12.1 Å². The van der Waals surface area contributed by atoms with Crippen molar-refractivity contribution in [3.63, 3.8) is 0 Å². The molecule has 2 aliphatic rings. The van der Waals surface area contributed by atoms with Crippen molar-refractivity contribution in [3.8, 4) is 11.3 Å². The average Bonchev–Trinajstić information content (AvgIpc) is 3.04. The maximum atomic E-state index is 11.7. The van der Waals surface area contributed by atoms with E-state index < -0.39 is 0 Å². The maximum Gasteiger partial charge on any atom is 0.162 e. The quantitative estimate of drug-likeness (QED) is 0.110. The summed E-state index contributed by atoms with van der Waals surface area (Å²) < 4.78 is 0. The minimum absolute atomic E-state index is 0. The largest absolute Gasteiger partial charge is 0.512 e. The van der Waals surface area contributed by atoms with Gasteiger partial charge >= 0.3 is 0 Å². The summed E-state index contributed by atoms with van der Waals surface area (Å²) in [6.07, 6.45) is 15.5. The van der Waals surface area contributed by atoms with E-state index in [1.807, 2.05) is 46.2 Å². The molecule has 45 heavy (non-hydrogen) atoms. The first-order valence-corrected chi connectivity index (χ1v) is 16.9. The number of carbonyl (C=O) groups excluding carboxylic acids is 1. The number of nitrogens with zero attached hydrogens (tertiary/aromatic N) is 2. The SMILES string of the molecule is CC1(C)c2cc3ncccc3[c-]c2-c2nccc3cc(C4CCCCC4)cc1c23.CCC(CC)C(=O)/C=C(\O)C(CC)CC.[Ir]. The van der Waals surface area contributed by atoms with Crippen LogP contribution in [0.25, 0.3) is 32.9 Å². The number of aliphatic hydroxyl groups excluding tert-OH is 1. The van der Waals surface area contributed by atoms with E-state index in [1.165, 1.54) is 65.6 Å². The summed E-state index contributed by atoms with van der Waals surface area (Å²) >= 11 is 0. The molecule has 0 amide bonds. The zero-order valence-corrected chi connectivity index (χ0v) is 30.3. The summed E-state index contributed by atoms with van der Waals surface area (Å²) in [6, 6.07) is 17.1. The molecule has 0 bridgehead atoms. The Kier molecular flexibility index (Phi) is 11.8. The van der Waals surface area contributed by atoms with Crippen molar-refractivity contribution in [3.05, 3.63) is 83.4 Å². The molecule has 0 unspecified atom stereocenters. The van der Waals surface area contributed by atoms with Crippen LogP contribution in [0.5, 0.6) is 0 Å². The van der Waals surface area contributed by atoms with Crippen LogP contribution in [0.2, 0.25) is 0 Å². The second-order valence-electron chi connectivity index (χ2n) is 13.3. The fraction of sp³-hybridized carbons (Fsp3) is 0.475. The topological polar surface area (TPSA) is 63.1 Å². The number of fused-ring (bicyclic) bond motifs is 3. The number of pyridine rings is 2. The van der Waals surface area contributed by atoms with E-state index in [0.29, 0.717) is 5.92 Å². The summed E-state index contributed by atoms with van der Waals surface area (Å²) in [5, 5.41) is 13.5. The van der Waals surface area contributed by atoms with E-state index >= 15 is 0 Å². The van der Waals surface area contributed by atoms with Crippen molar-refractivity contribution in [1.82, 2.24) is 9.97 Å². The van der Waals surface area contributed by atoms with Gasteiger partial charge in [-0.25, -0.2) is 0 Å². The third kappa shape index (κ3) is 7.10. The van der Waals surface area contributed by atoms with Crippen LogP contribution in [-0.2, 0) is 30.3 Å². The third-order valence-electron chi connectivity index (χ3n) is 10.3. The Hall–Kier alpha value is -2.88. The molecule has 1 N–H and O–H groups in total. The molecule has 2 aromatic carbocycles. The molecular formula is C40H49IrN2O2-. The molecule has 0 spiro atoms. The first-order valence-electron chi connectivity index (χ1n) is 16.9. The molecule has 1 saturated carbocycles. The zero-order chi connectivity index (χ0) is 31.4. The number of aliphatic hydroxyl groups is 1. The van der Waals surface area contributed by atoms with Crippen LogP contribution in [0, 0.1) is 17.9 Å². The molecule has 4 nitrogen and oxygen atoms in total. The first-order chi connectivity index (χ1) is 21.2. The number of hydrogen-bond acceptors (Lipinski definition) is 4. The Morgan fingerprint density at radius 2 is 1.62 bits per heavy atom. The van der Waals surface area contributed by atoms with Crippen LogP contribution in [0.3, 0.4) is 0 Å². The molecule has 6 rings (SSSR count). The second-order valence-corrected chi connectivity index (χ2v) is 13.3. The van der Waals surface area contributed by atoms with E-state index in [-0.39, 0.29) is 48.9 Å². The van der Waals surface area contributed by atoms with E-state index in [0.717, 1.165) is 47.8 Å². The molecule has 241 valence electrons. The predicted octanol–water partition coefficient (Wildman–Crippen LogP) is 10.8. The van der Waals surface area contributed by atoms with Gasteiger partial charge in [-0.3, -0.25) is 14.8 Å². The van der Waals surface area contributed by atoms with Crippen LogP contribution in [-0.4, -0.2) is 20.9 Å². The number of benzene rings is 2. The first kappa shape index (κ1) is 35.0. The Morgan fingerprint density at radius 3 is 2.29 bits per heavy atom. The van der Waals surface area contributed by atoms with Gasteiger partial charge in [-0.2, -0.15) is 0 Å². The summed E-state index contributed by atoms with van der Waals surface area (Å²) in [7, 11) is 0. The molecule has 2 heterocycles. The number of aromatic nitrogens is 2. The van der Waals surface area contributed by atoms with Crippen LogP contribution in [0.4, 0.5) is 0 Å². The molecule has 2 aliphatic carbocycles. The van der Waals surface area contributed by atoms with Gasteiger partial charge in [0, 0.05) is 56.1 Å². The van der Waals surface area contributed by atoms with Gasteiger partial charge < -0.3 is 5.11 Å². The zero-order valence-electron chi connectivity index (χ0n) is 27.9. The van der Waals surface area contributed by atoms with Crippen molar-refractivity contribution in [1.29, 1.82) is 0 Å². The van der Waals surface area contributed by atoms with Gasteiger partial charge in [0.1, 0.15) is 0 Å². The normalized spacial score (nSPS) is 15.9.